The van der Waals surface area contributed by atoms with Gasteiger partial charge in [-0.1, -0.05) is 30.3 Å². The molecule has 22 heavy (non-hydrogen) atoms. The molecule has 1 aliphatic rings. The predicted octanol–water partition coefficient (Wildman–Crippen LogP) is 1.37. The molecule has 5 heteroatoms. The summed E-state index contributed by atoms with van der Waals surface area (Å²) in [5.41, 5.74) is 0.944. The van der Waals surface area contributed by atoms with Crippen LogP contribution in [0.1, 0.15) is 25.3 Å². The highest BCUT2D eigenvalue weighted by Crippen LogP contribution is 2.13. The van der Waals surface area contributed by atoms with Crippen LogP contribution >= 0.6 is 0 Å². The molecule has 1 saturated heterocycles. The van der Waals surface area contributed by atoms with Crippen molar-refractivity contribution in [1.29, 1.82) is 0 Å². The quantitative estimate of drug-likeness (QED) is 0.828. The first-order valence-electron chi connectivity index (χ1n) is 7.89. The van der Waals surface area contributed by atoms with Gasteiger partial charge in [-0.3, -0.25) is 9.59 Å². The van der Waals surface area contributed by atoms with Gasteiger partial charge in [-0.15, -0.1) is 0 Å². The molecule has 1 aromatic carbocycles. The summed E-state index contributed by atoms with van der Waals surface area (Å²) < 4.78 is 5.56. The highest BCUT2D eigenvalue weighted by molar-refractivity contribution is 5.85. The van der Waals surface area contributed by atoms with Gasteiger partial charge in [0.05, 0.1) is 19.1 Å². The minimum Gasteiger partial charge on any atom is -0.376 e. The molecule has 0 aromatic heterocycles. The van der Waals surface area contributed by atoms with Crippen LogP contribution in [0.4, 0.5) is 0 Å². The summed E-state index contributed by atoms with van der Waals surface area (Å²) in [7, 11) is 0. The molecule has 2 rings (SSSR count). The molecule has 1 atom stereocenters. The lowest BCUT2D eigenvalue weighted by atomic mass is 10.1. The molecule has 1 fully saturated rings. The Morgan fingerprint density at radius 2 is 2.09 bits per heavy atom. The molecule has 1 aromatic rings. The van der Waals surface area contributed by atoms with E-state index in [1.165, 1.54) is 0 Å². The summed E-state index contributed by atoms with van der Waals surface area (Å²) >= 11 is 0. The number of ether oxygens (including phenoxy) is 1. The zero-order valence-electron chi connectivity index (χ0n) is 13.1. The number of nitrogens with one attached hydrogen (secondary N) is 1. The maximum absolute atomic E-state index is 12.2. The third-order valence-electron chi connectivity index (χ3n) is 3.83. The Hall–Kier alpha value is -1.88. The van der Waals surface area contributed by atoms with E-state index in [-0.39, 0.29) is 24.5 Å². The lowest BCUT2D eigenvalue weighted by molar-refractivity contribution is -0.133. The maximum Gasteiger partial charge on any atom is 0.242 e. The molecule has 0 aliphatic carbocycles. The predicted molar refractivity (Wildman–Crippen MR) is 84.4 cm³/mol. The number of carbonyl (C=O) groups excluding carboxylic acids is 2. The van der Waals surface area contributed by atoms with Crippen molar-refractivity contribution < 1.29 is 14.3 Å². The maximum atomic E-state index is 12.2. The third kappa shape index (κ3) is 5.15. The van der Waals surface area contributed by atoms with Crippen LogP contribution in [0.25, 0.3) is 0 Å². The molecular weight excluding hydrogens is 280 g/mol. The van der Waals surface area contributed by atoms with Gasteiger partial charge in [0.15, 0.2) is 0 Å². The molecule has 1 aliphatic heterocycles. The number of nitrogens with zero attached hydrogens (tertiary/aromatic N) is 1. The normalized spacial score (nSPS) is 17.2. The van der Waals surface area contributed by atoms with Crippen LogP contribution in [-0.2, 0) is 20.7 Å². The van der Waals surface area contributed by atoms with Gasteiger partial charge in [-0.2, -0.15) is 0 Å². The van der Waals surface area contributed by atoms with E-state index < -0.39 is 0 Å². The van der Waals surface area contributed by atoms with E-state index in [9.17, 15) is 9.59 Å². The molecule has 5 nitrogen and oxygen atoms in total. The van der Waals surface area contributed by atoms with Gasteiger partial charge in [-0.25, -0.2) is 0 Å². The molecule has 0 bridgehead atoms. The molecule has 0 saturated carbocycles. The number of likely N-dealkylation sites (N-methyl/N-ethyl adjacent to an activating group) is 1. The lowest BCUT2D eigenvalue weighted by Crippen LogP contribution is -2.43. The van der Waals surface area contributed by atoms with Crippen molar-refractivity contribution in [2.75, 3.05) is 26.2 Å². The van der Waals surface area contributed by atoms with Crippen LogP contribution in [0, 0.1) is 0 Å². The van der Waals surface area contributed by atoms with Gasteiger partial charge in [0.25, 0.3) is 0 Å². The van der Waals surface area contributed by atoms with Gasteiger partial charge in [0.2, 0.25) is 11.8 Å². The standard InChI is InChI=1S/C17H24N2O3/c1-2-19(13-15-9-6-10-22-15)17(21)12-18-16(20)11-14-7-4-3-5-8-14/h3-5,7-8,15H,2,6,9-13H2,1H3,(H,18,20). The lowest BCUT2D eigenvalue weighted by Gasteiger charge is -2.24. The van der Waals surface area contributed by atoms with E-state index in [0.717, 1.165) is 25.0 Å². The highest BCUT2D eigenvalue weighted by atomic mass is 16.5. The number of benzene rings is 1. The first-order chi connectivity index (χ1) is 10.7. The minimum atomic E-state index is -0.132. The van der Waals surface area contributed by atoms with Gasteiger partial charge in [0.1, 0.15) is 0 Å². The van der Waals surface area contributed by atoms with Gasteiger partial charge in [-0.05, 0) is 25.3 Å². The van der Waals surface area contributed by atoms with Crippen LogP contribution in [0.15, 0.2) is 30.3 Å². The van der Waals surface area contributed by atoms with E-state index in [0.29, 0.717) is 19.5 Å². The first kappa shape index (κ1) is 16.5. The Bertz CT molecular complexity index is 484. The van der Waals surface area contributed by atoms with E-state index in [4.69, 9.17) is 4.74 Å². The molecule has 1 unspecified atom stereocenters. The molecular formula is C17H24N2O3. The summed E-state index contributed by atoms with van der Waals surface area (Å²) in [4.78, 5) is 25.8. The number of rotatable bonds is 7. The number of hydrogen-bond acceptors (Lipinski definition) is 3. The minimum absolute atomic E-state index is 0.0478. The summed E-state index contributed by atoms with van der Waals surface area (Å²) in [6, 6.07) is 9.51. The third-order valence-corrected chi connectivity index (χ3v) is 3.83. The number of amides is 2. The van der Waals surface area contributed by atoms with Crippen molar-refractivity contribution in [3.8, 4) is 0 Å². The van der Waals surface area contributed by atoms with Crippen molar-refractivity contribution >= 4 is 11.8 Å². The Morgan fingerprint density at radius 3 is 2.73 bits per heavy atom. The summed E-state index contributed by atoms with van der Waals surface area (Å²) in [6.07, 6.45) is 2.50. The highest BCUT2D eigenvalue weighted by Gasteiger charge is 2.21. The van der Waals surface area contributed by atoms with Crippen LogP contribution in [0.2, 0.25) is 0 Å². The molecule has 120 valence electrons. The van der Waals surface area contributed by atoms with Crippen molar-refractivity contribution in [2.45, 2.75) is 32.3 Å². The number of hydrogen-bond donors (Lipinski definition) is 1. The fourth-order valence-corrected chi connectivity index (χ4v) is 2.57. The van der Waals surface area contributed by atoms with E-state index in [2.05, 4.69) is 5.32 Å². The Labute approximate surface area is 131 Å². The SMILES string of the molecule is CCN(CC1CCCO1)C(=O)CNC(=O)Cc1ccccc1. The van der Waals surface area contributed by atoms with Crippen LogP contribution in [0.5, 0.6) is 0 Å². The van der Waals surface area contributed by atoms with E-state index >= 15 is 0 Å². The van der Waals surface area contributed by atoms with Gasteiger partial charge in [0, 0.05) is 19.7 Å². The molecule has 2 amide bonds. The second-order valence-electron chi connectivity index (χ2n) is 5.51. The Morgan fingerprint density at radius 1 is 1.32 bits per heavy atom. The van der Waals surface area contributed by atoms with E-state index in [1.54, 1.807) is 4.90 Å². The Balaban J connectivity index is 1.74. The Kier molecular flexibility index (Phi) is 6.40. The fourth-order valence-electron chi connectivity index (χ4n) is 2.57. The van der Waals surface area contributed by atoms with E-state index in [1.807, 2.05) is 37.3 Å². The summed E-state index contributed by atoms with van der Waals surface area (Å²) in [5.74, 6) is -0.188. The smallest absolute Gasteiger partial charge is 0.242 e. The molecule has 0 spiro atoms. The first-order valence-corrected chi connectivity index (χ1v) is 7.89. The summed E-state index contributed by atoms with van der Waals surface area (Å²) in [5, 5.41) is 2.70. The van der Waals surface area contributed by atoms with Crippen LogP contribution in [-0.4, -0.2) is 49.1 Å². The summed E-state index contributed by atoms with van der Waals surface area (Å²) in [6.45, 7) is 4.02. The molecule has 1 heterocycles. The fraction of sp³-hybridized carbons (Fsp3) is 0.529. The monoisotopic (exact) mass is 304 g/mol. The van der Waals surface area contributed by atoms with Crippen LogP contribution in [0.3, 0.4) is 0 Å². The molecule has 0 radical (unpaired) electrons. The van der Waals surface area contributed by atoms with Crippen molar-refractivity contribution in [2.24, 2.45) is 0 Å². The second-order valence-corrected chi connectivity index (χ2v) is 5.51. The van der Waals surface area contributed by atoms with Gasteiger partial charge < -0.3 is 15.0 Å². The van der Waals surface area contributed by atoms with Crippen molar-refractivity contribution in [3.63, 3.8) is 0 Å². The molecule has 1 N–H and O–H groups in total. The second kappa shape index (κ2) is 8.54. The zero-order valence-corrected chi connectivity index (χ0v) is 13.1. The largest absolute Gasteiger partial charge is 0.376 e. The average molecular weight is 304 g/mol. The number of carbonyl (C=O) groups is 2. The van der Waals surface area contributed by atoms with Crippen LogP contribution < -0.4 is 5.32 Å². The van der Waals surface area contributed by atoms with Gasteiger partial charge >= 0.3 is 0 Å². The zero-order chi connectivity index (χ0) is 15.8. The topological polar surface area (TPSA) is 58.6 Å². The van der Waals surface area contributed by atoms with Crippen molar-refractivity contribution in [3.05, 3.63) is 35.9 Å². The van der Waals surface area contributed by atoms with Crippen molar-refractivity contribution in [1.82, 2.24) is 10.2 Å². The average Bonchev–Trinajstić information content (AvgIpc) is 3.04.